The molecule has 3 N–H and O–H groups in total. The monoisotopic (exact) mass is 307 g/mol. The highest BCUT2D eigenvalue weighted by molar-refractivity contribution is 7.80. The first-order valence-corrected chi connectivity index (χ1v) is 7.60. The quantitative estimate of drug-likeness (QED) is 0.786. The smallest absolute Gasteiger partial charge is 0.244 e. The number of hydrogen-bond acceptors (Lipinski definition) is 5. The van der Waals surface area contributed by atoms with Gasteiger partial charge in [-0.05, 0) is 24.8 Å². The largest absolute Gasteiger partial charge is 0.389 e. The first-order chi connectivity index (χ1) is 9.99. The van der Waals surface area contributed by atoms with Crippen molar-refractivity contribution in [1.29, 1.82) is 0 Å². The van der Waals surface area contributed by atoms with E-state index < -0.39 is 0 Å². The lowest BCUT2D eigenvalue weighted by Crippen LogP contribution is -2.32. The van der Waals surface area contributed by atoms with Gasteiger partial charge in [0.1, 0.15) is 11.0 Å². The summed E-state index contributed by atoms with van der Waals surface area (Å²) in [6, 6.07) is -0.283. The molecule has 1 aliphatic rings. The standard InChI is InChI=1S/C14H21N5OS/c1-4-8-9(5-2)17-18-13(11(8)12(15)21)16-10-6-7-19(3)14(10)20/h10H,4-7H2,1-3H3,(H2,15,21)(H,16,18). The minimum absolute atomic E-state index is 0.0586. The average Bonchev–Trinajstić information content (AvgIpc) is 2.78. The Kier molecular flexibility index (Phi) is 4.72. The number of likely N-dealkylation sites (tertiary alicyclic amines) is 1. The Morgan fingerprint density at radius 3 is 2.62 bits per heavy atom. The van der Waals surface area contributed by atoms with Gasteiger partial charge in [0.25, 0.3) is 0 Å². The number of carbonyl (C=O) groups is 1. The number of carbonyl (C=O) groups excluding carboxylic acids is 1. The molecule has 2 rings (SSSR count). The molecular formula is C14H21N5OS. The molecule has 0 bridgehead atoms. The fourth-order valence-corrected chi connectivity index (χ4v) is 2.88. The number of nitrogens with one attached hydrogen (secondary N) is 1. The predicted molar refractivity (Wildman–Crippen MR) is 86.3 cm³/mol. The summed E-state index contributed by atoms with van der Waals surface area (Å²) in [5, 5.41) is 11.6. The van der Waals surface area contributed by atoms with E-state index >= 15 is 0 Å². The number of amides is 1. The third-order valence-electron chi connectivity index (χ3n) is 3.83. The van der Waals surface area contributed by atoms with Crippen molar-refractivity contribution in [2.75, 3.05) is 18.9 Å². The highest BCUT2D eigenvalue weighted by Gasteiger charge is 2.30. The molecule has 1 aromatic rings. The molecule has 0 spiro atoms. The Morgan fingerprint density at radius 1 is 1.43 bits per heavy atom. The minimum Gasteiger partial charge on any atom is -0.389 e. The molecule has 0 aliphatic carbocycles. The molecule has 1 atom stereocenters. The van der Waals surface area contributed by atoms with Crippen LogP contribution in [-0.2, 0) is 17.6 Å². The first kappa shape index (κ1) is 15.6. The van der Waals surface area contributed by atoms with Crippen LogP contribution in [0.5, 0.6) is 0 Å². The SMILES string of the molecule is CCc1nnc(NC2CCN(C)C2=O)c(C(N)=S)c1CC. The van der Waals surface area contributed by atoms with Crippen molar-refractivity contribution in [3.05, 3.63) is 16.8 Å². The Labute approximate surface area is 130 Å². The fraction of sp³-hybridized carbons (Fsp3) is 0.571. The number of anilines is 1. The zero-order valence-corrected chi connectivity index (χ0v) is 13.5. The topological polar surface area (TPSA) is 84.1 Å². The van der Waals surface area contributed by atoms with E-state index in [4.69, 9.17) is 18.0 Å². The predicted octanol–water partition coefficient (Wildman–Crippen LogP) is 0.878. The van der Waals surface area contributed by atoms with Crippen molar-refractivity contribution < 1.29 is 4.79 Å². The molecular weight excluding hydrogens is 286 g/mol. The number of aryl methyl sites for hydroxylation is 1. The molecule has 1 aromatic heterocycles. The minimum atomic E-state index is -0.283. The number of hydrogen-bond donors (Lipinski definition) is 2. The molecule has 1 unspecified atom stereocenters. The second kappa shape index (κ2) is 6.34. The van der Waals surface area contributed by atoms with Gasteiger partial charge in [-0.3, -0.25) is 4.79 Å². The molecule has 21 heavy (non-hydrogen) atoms. The number of likely N-dealkylation sites (N-methyl/N-ethyl adjacent to an activating group) is 1. The van der Waals surface area contributed by atoms with Gasteiger partial charge < -0.3 is 16.0 Å². The number of thiocarbonyl (C=S) groups is 1. The van der Waals surface area contributed by atoms with Crippen LogP contribution in [0.15, 0.2) is 0 Å². The van der Waals surface area contributed by atoms with Gasteiger partial charge in [-0.25, -0.2) is 0 Å². The molecule has 114 valence electrons. The van der Waals surface area contributed by atoms with E-state index in [9.17, 15) is 4.79 Å². The summed E-state index contributed by atoms with van der Waals surface area (Å²) < 4.78 is 0. The third-order valence-corrected chi connectivity index (χ3v) is 4.04. The molecule has 1 saturated heterocycles. The molecule has 1 aliphatic heterocycles. The maximum atomic E-state index is 12.0. The lowest BCUT2D eigenvalue weighted by molar-refractivity contribution is -0.127. The zero-order chi connectivity index (χ0) is 15.6. The van der Waals surface area contributed by atoms with Crippen LogP contribution in [0.4, 0.5) is 5.82 Å². The molecule has 7 heteroatoms. The number of nitrogens with two attached hydrogens (primary N) is 1. The Morgan fingerprint density at radius 2 is 2.14 bits per heavy atom. The number of rotatable bonds is 5. The fourth-order valence-electron chi connectivity index (χ4n) is 2.66. The summed E-state index contributed by atoms with van der Waals surface area (Å²) in [5.41, 5.74) is 8.52. The Balaban J connectivity index is 2.39. The molecule has 2 heterocycles. The van der Waals surface area contributed by atoms with Gasteiger partial charge in [0.05, 0.1) is 11.3 Å². The highest BCUT2D eigenvalue weighted by Crippen LogP contribution is 2.23. The maximum Gasteiger partial charge on any atom is 0.244 e. The van der Waals surface area contributed by atoms with E-state index in [0.717, 1.165) is 42.6 Å². The lowest BCUT2D eigenvalue weighted by atomic mass is 10.0. The first-order valence-electron chi connectivity index (χ1n) is 7.19. The molecule has 0 aromatic carbocycles. The van der Waals surface area contributed by atoms with E-state index in [-0.39, 0.29) is 16.9 Å². The van der Waals surface area contributed by atoms with Gasteiger partial charge in [-0.15, -0.1) is 5.10 Å². The summed E-state index contributed by atoms with van der Waals surface area (Å²) in [6.45, 7) is 4.80. The van der Waals surface area contributed by atoms with Crippen LogP contribution in [0.1, 0.15) is 37.1 Å². The van der Waals surface area contributed by atoms with Crippen molar-refractivity contribution in [2.45, 2.75) is 39.2 Å². The Bertz CT molecular complexity index is 575. The van der Waals surface area contributed by atoms with Gasteiger partial charge in [-0.2, -0.15) is 5.10 Å². The molecule has 0 saturated carbocycles. The van der Waals surface area contributed by atoms with Crippen molar-refractivity contribution in [3.8, 4) is 0 Å². The summed E-state index contributed by atoms with van der Waals surface area (Å²) >= 11 is 5.18. The van der Waals surface area contributed by atoms with Gasteiger partial charge in [0.2, 0.25) is 5.91 Å². The normalized spacial score (nSPS) is 18.1. The average molecular weight is 307 g/mol. The van der Waals surface area contributed by atoms with Crippen LogP contribution < -0.4 is 11.1 Å². The molecule has 6 nitrogen and oxygen atoms in total. The maximum absolute atomic E-state index is 12.0. The van der Waals surface area contributed by atoms with E-state index in [2.05, 4.69) is 15.5 Å². The van der Waals surface area contributed by atoms with Crippen molar-refractivity contribution in [3.63, 3.8) is 0 Å². The van der Waals surface area contributed by atoms with E-state index in [0.29, 0.717) is 5.82 Å². The van der Waals surface area contributed by atoms with Crippen molar-refractivity contribution in [1.82, 2.24) is 15.1 Å². The second-order valence-electron chi connectivity index (χ2n) is 5.17. The van der Waals surface area contributed by atoms with Crippen LogP contribution in [-0.4, -0.2) is 45.6 Å². The van der Waals surface area contributed by atoms with E-state index in [1.54, 1.807) is 11.9 Å². The zero-order valence-electron chi connectivity index (χ0n) is 12.6. The summed E-state index contributed by atoms with van der Waals surface area (Å²) in [6.07, 6.45) is 2.29. The number of nitrogens with zero attached hydrogens (tertiary/aromatic N) is 3. The molecule has 0 radical (unpaired) electrons. The van der Waals surface area contributed by atoms with Gasteiger partial charge in [-0.1, -0.05) is 26.1 Å². The number of aromatic nitrogens is 2. The van der Waals surface area contributed by atoms with Crippen LogP contribution >= 0.6 is 12.2 Å². The highest BCUT2D eigenvalue weighted by atomic mass is 32.1. The summed E-state index contributed by atoms with van der Waals surface area (Å²) in [5.74, 6) is 0.577. The molecule has 1 fully saturated rings. The third kappa shape index (κ3) is 2.97. The Hall–Kier alpha value is -1.76. The van der Waals surface area contributed by atoms with Crippen LogP contribution in [0.2, 0.25) is 0 Å². The molecule has 1 amide bonds. The van der Waals surface area contributed by atoms with Gasteiger partial charge in [0.15, 0.2) is 5.82 Å². The van der Waals surface area contributed by atoms with E-state index in [1.165, 1.54) is 0 Å². The van der Waals surface area contributed by atoms with Crippen molar-refractivity contribution in [2.24, 2.45) is 5.73 Å². The van der Waals surface area contributed by atoms with E-state index in [1.807, 2.05) is 13.8 Å². The van der Waals surface area contributed by atoms with Crippen LogP contribution in [0.25, 0.3) is 0 Å². The van der Waals surface area contributed by atoms with Crippen LogP contribution in [0, 0.1) is 0 Å². The van der Waals surface area contributed by atoms with Crippen molar-refractivity contribution >= 4 is 28.9 Å². The summed E-state index contributed by atoms with van der Waals surface area (Å²) in [4.78, 5) is 14.0. The second-order valence-corrected chi connectivity index (χ2v) is 5.61. The van der Waals surface area contributed by atoms with Crippen LogP contribution in [0.3, 0.4) is 0 Å². The summed E-state index contributed by atoms with van der Waals surface area (Å²) in [7, 11) is 1.79. The lowest BCUT2D eigenvalue weighted by Gasteiger charge is -2.18. The van der Waals surface area contributed by atoms with Gasteiger partial charge in [0, 0.05) is 13.6 Å². The van der Waals surface area contributed by atoms with Gasteiger partial charge >= 0.3 is 0 Å².